The molecule has 3 heteroatoms. The average Bonchev–Trinajstić information content (AvgIpc) is 2.36. The van der Waals surface area contributed by atoms with Crippen LogP contribution in [0.25, 0.3) is 0 Å². The Bertz CT molecular complexity index is 446. The van der Waals surface area contributed by atoms with Crippen LogP contribution in [0, 0.1) is 19.3 Å². The zero-order valence-corrected chi connectivity index (χ0v) is 13.8. The number of ether oxygens (including phenoxy) is 2. The Morgan fingerprint density at radius 2 is 1.80 bits per heavy atom. The summed E-state index contributed by atoms with van der Waals surface area (Å²) in [6.07, 6.45) is -0.979. The number of rotatable bonds is 5. The summed E-state index contributed by atoms with van der Waals surface area (Å²) in [7, 11) is 1.64. The topological polar surface area (TPSA) is 38.7 Å². The van der Waals surface area contributed by atoms with E-state index in [4.69, 9.17) is 9.47 Å². The lowest BCUT2D eigenvalue weighted by Gasteiger charge is -2.35. The van der Waals surface area contributed by atoms with E-state index < -0.39 is 6.10 Å². The van der Waals surface area contributed by atoms with Crippen molar-refractivity contribution in [3.63, 3.8) is 0 Å². The zero-order chi connectivity index (χ0) is 15.5. The van der Waals surface area contributed by atoms with Crippen LogP contribution in [0.1, 0.15) is 50.5 Å². The van der Waals surface area contributed by atoms with Crippen LogP contribution >= 0.6 is 0 Å². The minimum Gasteiger partial charge on any atom is -0.496 e. The molecule has 0 aliphatic carbocycles. The van der Waals surface area contributed by atoms with Gasteiger partial charge in [-0.3, -0.25) is 0 Å². The smallest absolute Gasteiger partial charge is 0.127 e. The van der Waals surface area contributed by atoms with E-state index in [1.54, 1.807) is 7.11 Å². The molecule has 0 radical (unpaired) electrons. The Kier molecular flexibility index (Phi) is 5.60. The molecule has 0 aliphatic heterocycles. The van der Waals surface area contributed by atoms with Gasteiger partial charge in [-0.05, 0) is 37.3 Å². The standard InChI is InChI=1S/C17H28O3/c1-8-20-16(17(4,5)6)14(18)13-10-9-11(2)12(3)15(13)19-7/h9-10,14,16,18H,8H2,1-7H3. The van der Waals surface area contributed by atoms with Crippen molar-refractivity contribution in [3.8, 4) is 5.75 Å². The first-order valence-electron chi connectivity index (χ1n) is 7.17. The summed E-state index contributed by atoms with van der Waals surface area (Å²) in [5.74, 6) is 0.756. The van der Waals surface area contributed by atoms with Gasteiger partial charge in [-0.1, -0.05) is 32.9 Å². The second-order valence-corrected chi connectivity index (χ2v) is 6.32. The summed E-state index contributed by atoms with van der Waals surface area (Å²) in [4.78, 5) is 0. The molecule has 3 nitrogen and oxygen atoms in total. The molecular formula is C17H28O3. The van der Waals surface area contributed by atoms with E-state index in [0.717, 1.165) is 22.4 Å². The van der Waals surface area contributed by atoms with Crippen molar-refractivity contribution in [2.75, 3.05) is 13.7 Å². The van der Waals surface area contributed by atoms with Crippen LogP contribution < -0.4 is 4.74 Å². The first-order chi connectivity index (χ1) is 9.23. The SMILES string of the molecule is CCOC(C(O)c1ccc(C)c(C)c1OC)C(C)(C)C. The van der Waals surface area contributed by atoms with Gasteiger partial charge in [-0.15, -0.1) is 0 Å². The molecule has 2 unspecified atom stereocenters. The van der Waals surface area contributed by atoms with Gasteiger partial charge in [-0.2, -0.15) is 0 Å². The van der Waals surface area contributed by atoms with Gasteiger partial charge in [0.05, 0.1) is 13.2 Å². The lowest BCUT2D eigenvalue weighted by Crippen LogP contribution is -2.35. The summed E-state index contributed by atoms with van der Waals surface area (Å²) < 4.78 is 11.3. The molecule has 0 spiro atoms. The highest BCUT2D eigenvalue weighted by Gasteiger charge is 2.34. The van der Waals surface area contributed by atoms with Crippen molar-refractivity contribution in [2.45, 2.75) is 53.8 Å². The van der Waals surface area contributed by atoms with E-state index in [1.807, 2.05) is 32.9 Å². The normalized spacial score (nSPS) is 15.0. The largest absolute Gasteiger partial charge is 0.496 e. The van der Waals surface area contributed by atoms with Gasteiger partial charge in [0.15, 0.2) is 0 Å². The molecule has 0 heterocycles. The van der Waals surface area contributed by atoms with Crippen LogP contribution in [-0.2, 0) is 4.74 Å². The fourth-order valence-corrected chi connectivity index (χ4v) is 2.47. The minimum absolute atomic E-state index is 0.154. The molecule has 1 aromatic rings. The minimum atomic E-state index is -0.704. The molecular weight excluding hydrogens is 252 g/mol. The summed E-state index contributed by atoms with van der Waals surface area (Å²) in [6, 6.07) is 3.95. The van der Waals surface area contributed by atoms with Crippen molar-refractivity contribution in [2.24, 2.45) is 5.41 Å². The first kappa shape index (κ1) is 17.0. The molecule has 1 N–H and O–H groups in total. The molecule has 1 rings (SSSR count). The third-order valence-electron chi connectivity index (χ3n) is 3.72. The van der Waals surface area contributed by atoms with Crippen LogP contribution in [0.2, 0.25) is 0 Å². The number of aliphatic hydroxyl groups excluding tert-OH is 1. The first-order valence-corrected chi connectivity index (χ1v) is 7.17. The molecule has 20 heavy (non-hydrogen) atoms. The average molecular weight is 280 g/mol. The van der Waals surface area contributed by atoms with Gasteiger partial charge >= 0.3 is 0 Å². The number of aryl methyl sites for hydroxylation is 1. The summed E-state index contributed by atoms with van der Waals surface area (Å²) in [5.41, 5.74) is 2.86. The van der Waals surface area contributed by atoms with Crippen LogP contribution in [-0.4, -0.2) is 24.9 Å². The lowest BCUT2D eigenvalue weighted by atomic mass is 9.82. The van der Waals surface area contributed by atoms with Crippen molar-refractivity contribution < 1.29 is 14.6 Å². The van der Waals surface area contributed by atoms with Crippen molar-refractivity contribution in [3.05, 3.63) is 28.8 Å². The molecule has 0 saturated carbocycles. The Morgan fingerprint density at radius 3 is 2.25 bits per heavy atom. The van der Waals surface area contributed by atoms with Gasteiger partial charge in [0, 0.05) is 12.2 Å². The summed E-state index contributed by atoms with van der Waals surface area (Å²) in [5, 5.41) is 10.8. The quantitative estimate of drug-likeness (QED) is 0.891. The van der Waals surface area contributed by atoms with Crippen molar-refractivity contribution in [1.29, 1.82) is 0 Å². The van der Waals surface area contributed by atoms with E-state index in [-0.39, 0.29) is 11.5 Å². The van der Waals surface area contributed by atoms with Gasteiger partial charge in [0.25, 0.3) is 0 Å². The predicted octanol–water partition coefficient (Wildman–Crippen LogP) is 3.80. The Balaban J connectivity index is 3.25. The van der Waals surface area contributed by atoms with Crippen LogP contribution in [0.3, 0.4) is 0 Å². The predicted molar refractivity (Wildman–Crippen MR) is 82.3 cm³/mol. The van der Waals surface area contributed by atoms with E-state index in [2.05, 4.69) is 20.8 Å². The summed E-state index contributed by atoms with van der Waals surface area (Å²) in [6.45, 7) is 12.8. The second-order valence-electron chi connectivity index (χ2n) is 6.32. The third-order valence-corrected chi connectivity index (χ3v) is 3.72. The molecule has 0 bridgehead atoms. The number of benzene rings is 1. The number of methoxy groups -OCH3 is 1. The van der Waals surface area contributed by atoms with Gasteiger partial charge in [0.2, 0.25) is 0 Å². The maximum atomic E-state index is 10.8. The molecule has 2 atom stereocenters. The number of hydrogen-bond acceptors (Lipinski definition) is 3. The second kappa shape index (κ2) is 6.59. The van der Waals surface area contributed by atoms with Crippen LogP contribution in [0.15, 0.2) is 12.1 Å². The highest BCUT2D eigenvalue weighted by molar-refractivity contribution is 5.46. The zero-order valence-electron chi connectivity index (χ0n) is 13.8. The highest BCUT2D eigenvalue weighted by Crippen LogP contribution is 2.38. The van der Waals surface area contributed by atoms with Crippen LogP contribution in [0.5, 0.6) is 5.75 Å². The van der Waals surface area contributed by atoms with Crippen LogP contribution in [0.4, 0.5) is 0 Å². The van der Waals surface area contributed by atoms with Gasteiger partial charge < -0.3 is 14.6 Å². The van der Waals surface area contributed by atoms with E-state index >= 15 is 0 Å². The molecule has 0 fully saturated rings. The maximum Gasteiger partial charge on any atom is 0.127 e. The van der Waals surface area contributed by atoms with Crippen molar-refractivity contribution in [1.82, 2.24) is 0 Å². The van der Waals surface area contributed by atoms with Crippen molar-refractivity contribution >= 4 is 0 Å². The molecule has 0 saturated heterocycles. The van der Waals surface area contributed by atoms with E-state index in [0.29, 0.717) is 6.61 Å². The summed E-state index contributed by atoms with van der Waals surface area (Å²) >= 11 is 0. The Morgan fingerprint density at radius 1 is 1.20 bits per heavy atom. The Hall–Kier alpha value is -1.06. The monoisotopic (exact) mass is 280 g/mol. The number of hydrogen-bond donors (Lipinski definition) is 1. The molecule has 0 aliphatic rings. The molecule has 114 valence electrons. The fourth-order valence-electron chi connectivity index (χ4n) is 2.47. The van der Waals surface area contributed by atoms with E-state index in [1.165, 1.54) is 0 Å². The van der Waals surface area contributed by atoms with Gasteiger partial charge in [-0.25, -0.2) is 0 Å². The maximum absolute atomic E-state index is 10.8. The highest BCUT2D eigenvalue weighted by atomic mass is 16.5. The fraction of sp³-hybridized carbons (Fsp3) is 0.647. The Labute approximate surface area is 122 Å². The molecule has 0 aromatic heterocycles. The molecule has 0 amide bonds. The number of aliphatic hydroxyl groups is 1. The lowest BCUT2D eigenvalue weighted by molar-refractivity contribution is -0.0904. The van der Waals surface area contributed by atoms with Gasteiger partial charge in [0.1, 0.15) is 11.9 Å². The van der Waals surface area contributed by atoms with E-state index in [9.17, 15) is 5.11 Å². The molecule has 1 aromatic carbocycles. The third kappa shape index (κ3) is 3.53.